The van der Waals surface area contributed by atoms with Gasteiger partial charge in [0.1, 0.15) is 0 Å². The second-order valence-corrected chi connectivity index (χ2v) is 5.87. The van der Waals surface area contributed by atoms with Gasteiger partial charge in [-0.1, -0.05) is 37.8 Å². The molecule has 0 heterocycles. The predicted molar refractivity (Wildman–Crippen MR) is 82.3 cm³/mol. The van der Waals surface area contributed by atoms with Crippen LogP contribution >= 0.6 is 0 Å². The minimum atomic E-state index is 0.290. The van der Waals surface area contributed by atoms with Crippen molar-refractivity contribution in [2.75, 3.05) is 20.3 Å². The molecule has 0 aliphatic heterocycles. The van der Waals surface area contributed by atoms with Gasteiger partial charge in [0.25, 0.3) is 0 Å². The highest BCUT2D eigenvalue weighted by atomic mass is 16.5. The van der Waals surface area contributed by atoms with Crippen LogP contribution in [0.2, 0.25) is 0 Å². The van der Waals surface area contributed by atoms with Gasteiger partial charge < -0.3 is 15.2 Å². The molecule has 1 saturated carbocycles. The van der Waals surface area contributed by atoms with E-state index in [-0.39, 0.29) is 0 Å². The van der Waals surface area contributed by atoms with Crippen molar-refractivity contribution in [3.8, 4) is 11.5 Å². The van der Waals surface area contributed by atoms with Gasteiger partial charge >= 0.3 is 0 Å². The maximum Gasteiger partial charge on any atom is 0.161 e. The van der Waals surface area contributed by atoms with E-state index in [1.807, 2.05) is 24.3 Å². The molecule has 1 aliphatic rings. The zero-order chi connectivity index (χ0) is 14.3. The Labute approximate surface area is 122 Å². The van der Waals surface area contributed by atoms with Crippen molar-refractivity contribution in [1.29, 1.82) is 0 Å². The van der Waals surface area contributed by atoms with E-state index in [2.05, 4.69) is 0 Å². The van der Waals surface area contributed by atoms with Gasteiger partial charge in [-0.25, -0.2) is 0 Å². The summed E-state index contributed by atoms with van der Waals surface area (Å²) >= 11 is 0. The average Bonchev–Trinajstić information content (AvgIpc) is 2.74. The number of rotatable bonds is 6. The Morgan fingerprint density at radius 1 is 1.05 bits per heavy atom. The Morgan fingerprint density at radius 2 is 1.70 bits per heavy atom. The van der Waals surface area contributed by atoms with Crippen molar-refractivity contribution >= 4 is 0 Å². The van der Waals surface area contributed by atoms with E-state index in [1.54, 1.807) is 7.11 Å². The summed E-state index contributed by atoms with van der Waals surface area (Å²) in [6.45, 7) is 1.50. The topological polar surface area (TPSA) is 44.5 Å². The number of hydrogen-bond donors (Lipinski definition) is 1. The van der Waals surface area contributed by atoms with Crippen molar-refractivity contribution in [2.45, 2.75) is 44.9 Å². The molecule has 2 rings (SSSR count). The molecule has 2 N–H and O–H groups in total. The lowest BCUT2D eigenvalue weighted by atomic mass is 9.78. The molecule has 0 unspecified atom stereocenters. The summed E-state index contributed by atoms with van der Waals surface area (Å²) in [5.41, 5.74) is 6.35. The maximum absolute atomic E-state index is 6.06. The first-order valence-electron chi connectivity index (χ1n) is 7.75. The van der Waals surface area contributed by atoms with Crippen LogP contribution in [0.4, 0.5) is 0 Å². The summed E-state index contributed by atoms with van der Waals surface area (Å²) in [6.07, 6.45) is 8.88. The molecule has 0 spiro atoms. The third-order valence-corrected chi connectivity index (χ3v) is 4.56. The van der Waals surface area contributed by atoms with Gasteiger partial charge in [-0.3, -0.25) is 0 Å². The molecular formula is C17H27NO2. The molecule has 3 heteroatoms. The molecule has 20 heavy (non-hydrogen) atoms. The van der Waals surface area contributed by atoms with Gasteiger partial charge in [-0.2, -0.15) is 0 Å². The van der Waals surface area contributed by atoms with Crippen LogP contribution in [0.1, 0.15) is 44.9 Å². The second kappa shape index (κ2) is 7.53. The lowest BCUT2D eigenvalue weighted by molar-refractivity contribution is 0.174. The normalized spacial score (nSPS) is 18.3. The monoisotopic (exact) mass is 277 g/mol. The molecule has 0 saturated heterocycles. The number of benzene rings is 1. The highest BCUT2D eigenvalue weighted by Gasteiger charge is 2.29. The van der Waals surface area contributed by atoms with Gasteiger partial charge in [0, 0.05) is 0 Å². The summed E-state index contributed by atoms with van der Waals surface area (Å²) in [7, 11) is 1.68. The predicted octanol–water partition coefficient (Wildman–Crippen LogP) is 3.76. The zero-order valence-corrected chi connectivity index (χ0v) is 12.6. The van der Waals surface area contributed by atoms with Gasteiger partial charge in [0.15, 0.2) is 11.5 Å². The van der Waals surface area contributed by atoms with E-state index >= 15 is 0 Å². The first kappa shape index (κ1) is 15.2. The van der Waals surface area contributed by atoms with Crippen LogP contribution in [0, 0.1) is 5.41 Å². The van der Waals surface area contributed by atoms with Crippen LogP contribution in [-0.2, 0) is 0 Å². The number of ether oxygens (including phenoxy) is 2. The molecule has 1 aliphatic carbocycles. The quantitative estimate of drug-likeness (QED) is 0.805. The van der Waals surface area contributed by atoms with Crippen LogP contribution in [0.5, 0.6) is 11.5 Å². The van der Waals surface area contributed by atoms with Crippen molar-refractivity contribution in [3.05, 3.63) is 24.3 Å². The molecular weight excluding hydrogens is 250 g/mol. The van der Waals surface area contributed by atoms with E-state index in [0.29, 0.717) is 5.41 Å². The standard InChI is InChI=1S/C17H27NO2/c1-19-15-8-4-5-9-16(15)20-13-12-17(14-18)10-6-2-3-7-11-17/h4-5,8-9H,2-3,6-7,10-14,18H2,1H3. The van der Waals surface area contributed by atoms with E-state index in [1.165, 1.54) is 38.5 Å². The lowest BCUT2D eigenvalue weighted by Gasteiger charge is -2.31. The Kier molecular flexibility index (Phi) is 5.72. The average molecular weight is 277 g/mol. The molecule has 0 aromatic heterocycles. The van der Waals surface area contributed by atoms with Crippen molar-refractivity contribution < 1.29 is 9.47 Å². The first-order valence-corrected chi connectivity index (χ1v) is 7.75. The van der Waals surface area contributed by atoms with Gasteiger partial charge in [0.05, 0.1) is 13.7 Å². The largest absolute Gasteiger partial charge is 0.493 e. The number of methoxy groups -OCH3 is 1. The van der Waals surface area contributed by atoms with Gasteiger partial charge in [0.2, 0.25) is 0 Å². The van der Waals surface area contributed by atoms with Crippen LogP contribution in [0.15, 0.2) is 24.3 Å². The molecule has 112 valence electrons. The summed E-state index contributed by atoms with van der Waals surface area (Å²) in [5.74, 6) is 1.63. The molecule has 1 aromatic rings. The smallest absolute Gasteiger partial charge is 0.161 e. The Hall–Kier alpha value is -1.22. The molecule has 0 atom stereocenters. The summed E-state index contributed by atoms with van der Waals surface area (Å²) in [4.78, 5) is 0. The zero-order valence-electron chi connectivity index (χ0n) is 12.6. The second-order valence-electron chi connectivity index (χ2n) is 5.87. The Morgan fingerprint density at radius 3 is 2.30 bits per heavy atom. The SMILES string of the molecule is COc1ccccc1OCCC1(CN)CCCCCC1. The summed E-state index contributed by atoms with van der Waals surface area (Å²) in [5, 5.41) is 0. The summed E-state index contributed by atoms with van der Waals surface area (Å²) < 4.78 is 11.2. The van der Waals surface area contributed by atoms with Crippen molar-refractivity contribution in [3.63, 3.8) is 0 Å². The minimum Gasteiger partial charge on any atom is -0.493 e. The van der Waals surface area contributed by atoms with E-state index in [9.17, 15) is 0 Å². The Balaban J connectivity index is 1.90. The van der Waals surface area contributed by atoms with Crippen molar-refractivity contribution in [2.24, 2.45) is 11.1 Å². The molecule has 1 aromatic carbocycles. The third-order valence-electron chi connectivity index (χ3n) is 4.56. The third kappa shape index (κ3) is 3.89. The Bertz CT molecular complexity index is 398. The highest BCUT2D eigenvalue weighted by molar-refractivity contribution is 5.39. The fourth-order valence-electron chi connectivity index (χ4n) is 3.15. The molecule has 0 amide bonds. The maximum atomic E-state index is 6.06. The highest BCUT2D eigenvalue weighted by Crippen LogP contribution is 2.37. The molecule has 0 radical (unpaired) electrons. The molecule has 1 fully saturated rings. The summed E-state index contributed by atoms with van der Waals surface area (Å²) in [6, 6.07) is 7.82. The van der Waals surface area contributed by atoms with Crippen LogP contribution < -0.4 is 15.2 Å². The fraction of sp³-hybridized carbons (Fsp3) is 0.647. The molecule has 3 nitrogen and oxygen atoms in total. The molecule has 0 bridgehead atoms. The van der Waals surface area contributed by atoms with Crippen LogP contribution in [0.25, 0.3) is 0 Å². The number of hydrogen-bond acceptors (Lipinski definition) is 3. The number of nitrogens with two attached hydrogens (primary N) is 1. The number of para-hydroxylation sites is 2. The van der Waals surface area contributed by atoms with Crippen LogP contribution in [0.3, 0.4) is 0 Å². The first-order chi connectivity index (χ1) is 9.79. The minimum absolute atomic E-state index is 0.290. The van der Waals surface area contributed by atoms with E-state index in [0.717, 1.165) is 31.1 Å². The van der Waals surface area contributed by atoms with Gasteiger partial charge in [-0.15, -0.1) is 0 Å². The van der Waals surface area contributed by atoms with Crippen molar-refractivity contribution in [1.82, 2.24) is 0 Å². The van der Waals surface area contributed by atoms with E-state index < -0.39 is 0 Å². The van der Waals surface area contributed by atoms with E-state index in [4.69, 9.17) is 15.2 Å². The van der Waals surface area contributed by atoms with Crippen LogP contribution in [-0.4, -0.2) is 20.3 Å². The fourth-order valence-corrected chi connectivity index (χ4v) is 3.15. The lowest BCUT2D eigenvalue weighted by Crippen LogP contribution is -2.31. The van der Waals surface area contributed by atoms with Gasteiger partial charge in [-0.05, 0) is 43.4 Å².